The minimum absolute atomic E-state index is 0.0625. The van der Waals surface area contributed by atoms with Crippen LogP contribution in [0.5, 0.6) is 0 Å². The number of hydrogen-bond acceptors (Lipinski definition) is 4. The van der Waals surface area contributed by atoms with E-state index in [4.69, 9.17) is 11.5 Å². The Balaban J connectivity index is 1.73. The van der Waals surface area contributed by atoms with E-state index in [1.54, 1.807) is 0 Å². The fraction of sp³-hybridized carbons (Fsp3) is 0.444. The fourth-order valence-electron chi connectivity index (χ4n) is 5.92. The molecule has 2 amide bonds. The van der Waals surface area contributed by atoms with Crippen molar-refractivity contribution in [3.8, 4) is 0 Å². The Labute approximate surface area is 204 Å². The molecule has 1 saturated carbocycles. The van der Waals surface area contributed by atoms with Crippen molar-refractivity contribution >= 4 is 17.8 Å². The monoisotopic (exact) mass is 481 g/mol. The van der Waals surface area contributed by atoms with E-state index in [1.807, 2.05) is 37.3 Å². The van der Waals surface area contributed by atoms with Crippen LogP contribution in [0.3, 0.4) is 0 Å². The van der Waals surface area contributed by atoms with Gasteiger partial charge in [-0.05, 0) is 55.7 Å². The van der Waals surface area contributed by atoms with Crippen LogP contribution in [-0.4, -0.2) is 46.4 Å². The van der Waals surface area contributed by atoms with E-state index in [0.717, 1.165) is 18.4 Å². The molecule has 1 aliphatic heterocycles. The van der Waals surface area contributed by atoms with Gasteiger partial charge in [-0.1, -0.05) is 42.5 Å². The van der Waals surface area contributed by atoms with Crippen LogP contribution in [0.25, 0.3) is 0 Å². The van der Waals surface area contributed by atoms with Gasteiger partial charge < -0.3 is 21.5 Å². The number of likely N-dealkylation sites (tertiary alicyclic amines) is 1. The Kier molecular flexibility index (Phi) is 7.21. The van der Waals surface area contributed by atoms with Crippen LogP contribution >= 0.6 is 0 Å². The van der Waals surface area contributed by atoms with Gasteiger partial charge in [0.25, 0.3) is 0 Å². The topological polar surface area (TPSA) is 127 Å². The Bertz CT molecular complexity index is 1100. The van der Waals surface area contributed by atoms with Crippen LogP contribution in [0, 0.1) is 17.7 Å². The number of carboxylic acids is 1. The Morgan fingerprint density at radius 3 is 2.26 bits per heavy atom. The molecule has 0 radical (unpaired) electrons. The predicted molar refractivity (Wildman–Crippen MR) is 129 cm³/mol. The SMILES string of the molecule is CC(N)C1CCC(C(=O)N2CC(c3cccc(C(=O)O)c3F)[C@@H](c3ccccc3)[C@H]2C(N)=O)CC1. The number of benzene rings is 2. The van der Waals surface area contributed by atoms with E-state index in [1.165, 1.54) is 23.1 Å². The van der Waals surface area contributed by atoms with Crippen molar-refractivity contribution in [3.63, 3.8) is 0 Å². The summed E-state index contributed by atoms with van der Waals surface area (Å²) in [5, 5.41) is 9.44. The van der Waals surface area contributed by atoms with Gasteiger partial charge >= 0.3 is 5.97 Å². The number of halogens is 1. The minimum atomic E-state index is -1.37. The predicted octanol–water partition coefficient (Wildman–Crippen LogP) is 3.24. The summed E-state index contributed by atoms with van der Waals surface area (Å²) in [6.45, 7) is 2.06. The summed E-state index contributed by atoms with van der Waals surface area (Å²) in [7, 11) is 0. The van der Waals surface area contributed by atoms with Gasteiger partial charge in [0.2, 0.25) is 11.8 Å². The molecule has 4 atom stereocenters. The second kappa shape index (κ2) is 10.2. The summed E-state index contributed by atoms with van der Waals surface area (Å²) >= 11 is 0. The molecule has 35 heavy (non-hydrogen) atoms. The molecule has 1 saturated heterocycles. The van der Waals surface area contributed by atoms with Crippen LogP contribution < -0.4 is 11.5 Å². The average molecular weight is 482 g/mol. The lowest BCUT2D eigenvalue weighted by Gasteiger charge is -2.34. The van der Waals surface area contributed by atoms with E-state index in [2.05, 4.69) is 0 Å². The van der Waals surface area contributed by atoms with Crippen LogP contribution in [0.15, 0.2) is 48.5 Å². The highest BCUT2D eigenvalue weighted by molar-refractivity contribution is 5.90. The molecular formula is C27H32FN3O4. The van der Waals surface area contributed by atoms with Crippen LogP contribution in [0.2, 0.25) is 0 Å². The molecule has 2 fully saturated rings. The van der Waals surface area contributed by atoms with E-state index < -0.39 is 41.1 Å². The van der Waals surface area contributed by atoms with Crippen molar-refractivity contribution in [1.82, 2.24) is 4.90 Å². The standard InChI is InChI=1S/C27H32FN3O4/c1-15(29)16-10-12-18(13-11-16)26(33)31-14-21(19-8-5-9-20(23(19)28)27(34)35)22(24(31)25(30)32)17-6-3-2-4-7-17/h2-9,15-16,18,21-22,24H,10-14,29H2,1H3,(H2,30,32)(H,34,35)/t15?,16?,18?,21?,22-,24+/m1/s1. The molecule has 0 spiro atoms. The summed E-state index contributed by atoms with van der Waals surface area (Å²) in [6, 6.07) is 12.4. The summed E-state index contributed by atoms with van der Waals surface area (Å²) in [4.78, 5) is 39.6. The number of hydrogen-bond donors (Lipinski definition) is 3. The highest BCUT2D eigenvalue weighted by Crippen LogP contribution is 2.46. The molecule has 7 nitrogen and oxygen atoms in total. The summed E-state index contributed by atoms with van der Waals surface area (Å²) in [6.07, 6.45) is 3.03. The maximum Gasteiger partial charge on any atom is 0.338 e. The summed E-state index contributed by atoms with van der Waals surface area (Å²) in [5.41, 5.74) is 12.4. The van der Waals surface area contributed by atoms with Gasteiger partial charge in [-0.2, -0.15) is 0 Å². The number of amides is 2. The van der Waals surface area contributed by atoms with E-state index >= 15 is 4.39 Å². The third-order valence-corrected chi connectivity index (χ3v) is 7.79. The molecule has 8 heteroatoms. The molecule has 0 bridgehead atoms. The first-order chi connectivity index (χ1) is 16.7. The van der Waals surface area contributed by atoms with Crippen LogP contribution in [0.1, 0.15) is 65.9 Å². The first kappa shape index (κ1) is 24.9. The normalized spacial score (nSPS) is 27.4. The average Bonchev–Trinajstić information content (AvgIpc) is 3.25. The van der Waals surface area contributed by atoms with Crippen molar-refractivity contribution in [2.75, 3.05) is 6.54 Å². The maximum absolute atomic E-state index is 15.4. The van der Waals surface area contributed by atoms with Gasteiger partial charge in [0.1, 0.15) is 11.9 Å². The Morgan fingerprint density at radius 2 is 1.69 bits per heavy atom. The first-order valence-corrected chi connectivity index (χ1v) is 12.1. The number of nitrogens with two attached hydrogens (primary N) is 2. The fourth-order valence-corrected chi connectivity index (χ4v) is 5.92. The number of carbonyl (C=O) groups excluding carboxylic acids is 2. The molecule has 1 heterocycles. The van der Waals surface area contributed by atoms with Crippen molar-refractivity contribution in [3.05, 3.63) is 71.0 Å². The molecule has 186 valence electrons. The van der Waals surface area contributed by atoms with E-state index in [-0.39, 0.29) is 30.0 Å². The first-order valence-electron chi connectivity index (χ1n) is 12.1. The van der Waals surface area contributed by atoms with Crippen molar-refractivity contribution in [2.45, 2.75) is 56.5 Å². The number of carbonyl (C=O) groups is 3. The molecular weight excluding hydrogens is 449 g/mol. The number of primary amides is 1. The maximum atomic E-state index is 15.4. The van der Waals surface area contributed by atoms with E-state index in [9.17, 15) is 19.5 Å². The zero-order valence-corrected chi connectivity index (χ0v) is 19.8. The van der Waals surface area contributed by atoms with E-state index in [0.29, 0.717) is 18.8 Å². The lowest BCUT2D eigenvalue weighted by molar-refractivity contribution is -0.142. The Hall–Kier alpha value is -3.26. The van der Waals surface area contributed by atoms with Gasteiger partial charge in [0.15, 0.2) is 0 Å². The zero-order valence-electron chi connectivity index (χ0n) is 19.8. The van der Waals surface area contributed by atoms with Crippen molar-refractivity contribution < 1.29 is 23.9 Å². The third-order valence-electron chi connectivity index (χ3n) is 7.79. The van der Waals surface area contributed by atoms with Crippen molar-refractivity contribution in [2.24, 2.45) is 23.3 Å². The van der Waals surface area contributed by atoms with Gasteiger partial charge in [0, 0.05) is 30.3 Å². The molecule has 2 aromatic rings. The largest absolute Gasteiger partial charge is 0.478 e. The molecule has 5 N–H and O–H groups in total. The molecule has 2 aromatic carbocycles. The van der Waals surface area contributed by atoms with Gasteiger partial charge in [-0.15, -0.1) is 0 Å². The van der Waals surface area contributed by atoms with Gasteiger partial charge in [0.05, 0.1) is 5.56 Å². The quantitative estimate of drug-likeness (QED) is 0.584. The zero-order chi connectivity index (χ0) is 25.3. The van der Waals surface area contributed by atoms with Gasteiger partial charge in [-0.25, -0.2) is 9.18 Å². The number of aromatic carboxylic acids is 1. The Morgan fingerprint density at radius 1 is 1.03 bits per heavy atom. The van der Waals surface area contributed by atoms with Crippen molar-refractivity contribution in [1.29, 1.82) is 0 Å². The third kappa shape index (κ3) is 4.80. The lowest BCUT2D eigenvalue weighted by atomic mass is 9.78. The molecule has 1 aliphatic carbocycles. The second-order valence-corrected chi connectivity index (χ2v) is 9.87. The highest BCUT2D eigenvalue weighted by atomic mass is 19.1. The number of carboxylic acid groups (broad SMARTS) is 1. The smallest absolute Gasteiger partial charge is 0.338 e. The van der Waals surface area contributed by atoms with Gasteiger partial charge in [-0.3, -0.25) is 9.59 Å². The van der Waals surface area contributed by atoms with Crippen LogP contribution in [-0.2, 0) is 9.59 Å². The molecule has 2 aliphatic rings. The molecule has 2 unspecified atom stereocenters. The minimum Gasteiger partial charge on any atom is -0.478 e. The van der Waals surface area contributed by atoms with Crippen LogP contribution in [0.4, 0.5) is 4.39 Å². The lowest BCUT2D eigenvalue weighted by Crippen LogP contribution is -2.48. The molecule has 4 rings (SSSR count). The highest BCUT2D eigenvalue weighted by Gasteiger charge is 2.50. The summed E-state index contributed by atoms with van der Waals surface area (Å²) < 4.78 is 15.4. The number of nitrogens with zero attached hydrogens (tertiary/aromatic N) is 1. The molecule has 0 aromatic heterocycles. The summed E-state index contributed by atoms with van der Waals surface area (Å²) in [5.74, 6) is -4.15. The second-order valence-electron chi connectivity index (χ2n) is 9.87. The number of rotatable bonds is 6.